The van der Waals surface area contributed by atoms with E-state index in [2.05, 4.69) is 4.98 Å². The summed E-state index contributed by atoms with van der Waals surface area (Å²) in [6.07, 6.45) is -2.86. The van der Waals surface area contributed by atoms with Crippen molar-refractivity contribution in [1.29, 1.82) is 0 Å². The van der Waals surface area contributed by atoms with E-state index in [4.69, 9.17) is 11.6 Å². The van der Waals surface area contributed by atoms with Crippen molar-refractivity contribution in [2.45, 2.75) is 6.43 Å². The van der Waals surface area contributed by atoms with Gasteiger partial charge in [-0.1, -0.05) is 11.6 Å². The molecule has 0 radical (unpaired) electrons. The Morgan fingerprint density at radius 2 is 1.81 bits per heavy atom. The van der Waals surface area contributed by atoms with Gasteiger partial charge in [-0.05, 0) is 12.1 Å². The Kier molecular flexibility index (Phi) is 2.71. The molecule has 0 bridgehead atoms. The van der Waals surface area contributed by atoms with E-state index in [1.807, 2.05) is 0 Å². The number of pyridine rings is 1. The molecule has 1 aromatic heterocycles. The van der Waals surface area contributed by atoms with Crippen molar-refractivity contribution < 1.29 is 17.6 Å². The zero-order chi connectivity index (χ0) is 11.9. The van der Waals surface area contributed by atoms with Crippen LogP contribution in [0.3, 0.4) is 0 Å². The average molecular weight is 250 g/mol. The first kappa shape index (κ1) is 11.1. The minimum absolute atomic E-state index is 0.0245. The molecule has 84 valence electrons. The number of nitrogens with zero attached hydrogens (tertiary/aromatic N) is 1. The summed E-state index contributed by atoms with van der Waals surface area (Å²) in [5, 5.41) is -0.178. The second kappa shape index (κ2) is 3.90. The lowest BCUT2D eigenvalue weighted by atomic mass is 10.2. The maximum Gasteiger partial charge on any atom is 0.280 e. The van der Waals surface area contributed by atoms with Crippen molar-refractivity contribution in [2.75, 3.05) is 0 Å². The van der Waals surface area contributed by atoms with Gasteiger partial charge in [0.25, 0.3) is 6.43 Å². The molecule has 0 saturated heterocycles. The summed E-state index contributed by atoms with van der Waals surface area (Å²) in [6, 6.07) is 2.41. The molecule has 6 heteroatoms. The Balaban J connectivity index is 2.82. The zero-order valence-electron chi connectivity index (χ0n) is 7.65. The molecule has 0 unspecified atom stereocenters. The maximum atomic E-state index is 13.3. The molecule has 0 aliphatic heterocycles. The van der Waals surface area contributed by atoms with Gasteiger partial charge in [0.1, 0.15) is 17.0 Å². The number of hydrogen-bond donors (Lipinski definition) is 0. The van der Waals surface area contributed by atoms with E-state index in [1.54, 1.807) is 0 Å². The Bertz CT molecular complexity index is 556. The lowest BCUT2D eigenvalue weighted by Crippen LogP contribution is -1.94. The van der Waals surface area contributed by atoms with Gasteiger partial charge in [0, 0.05) is 11.5 Å². The Morgan fingerprint density at radius 3 is 2.44 bits per heavy atom. The Labute approximate surface area is 92.7 Å². The van der Waals surface area contributed by atoms with Gasteiger partial charge in [-0.25, -0.2) is 22.5 Å². The molecular formula is C10H4ClF4N. The fraction of sp³-hybridized carbons (Fsp3) is 0.100. The highest BCUT2D eigenvalue weighted by Gasteiger charge is 2.15. The highest BCUT2D eigenvalue weighted by atomic mass is 35.5. The minimum Gasteiger partial charge on any atom is -0.244 e. The van der Waals surface area contributed by atoms with Crippen LogP contribution in [0, 0.1) is 11.6 Å². The molecule has 0 amide bonds. The van der Waals surface area contributed by atoms with Crippen molar-refractivity contribution in [3.8, 4) is 0 Å². The largest absolute Gasteiger partial charge is 0.280 e. The molecule has 0 aliphatic rings. The van der Waals surface area contributed by atoms with Crippen molar-refractivity contribution in [3.63, 3.8) is 0 Å². The number of alkyl halides is 2. The lowest BCUT2D eigenvalue weighted by molar-refractivity contribution is 0.146. The number of benzene rings is 1. The van der Waals surface area contributed by atoms with E-state index < -0.39 is 23.8 Å². The molecule has 0 fully saturated rings. The molecule has 1 aromatic carbocycles. The topological polar surface area (TPSA) is 12.9 Å². The summed E-state index contributed by atoms with van der Waals surface area (Å²) in [6.45, 7) is 0. The van der Waals surface area contributed by atoms with E-state index in [1.165, 1.54) is 0 Å². The SMILES string of the molecule is Fc1cc(F)c2nc(C(F)F)cc(Cl)c2c1. The Hall–Kier alpha value is -1.36. The summed E-state index contributed by atoms with van der Waals surface area (Å²) in [5.41, 5.74) is -0.993. The van der Waals surface area contributed by atoms with Gasteiger partial charge in [0.15, 0.2) is 5.82 Å². The van der Waals surface area contributed by atoms with Crippen LogP contribution in [0.25, 0.3) is 10.9 Å². The van der Waals surface area contributed by atoms with Crippen molar-refractivity contribution >= 4 is 22.5 Å². The van der Waals surface area contributed by atoms with Gasteiger partial charge in [0.05, 0.1) is 5.02 Å². The molecule has 16 heavy (non-hydrogen) atoms. The first-order valence-corrected chi connectivity index (χ1v) is 4.60. The second-order valence-corrected chi connectivity index (χ2v) is 3.52. The number of fused-ring (bicyclic) bond motifs is 1. The quantitative estimate of drug-likeness (QED) is 0.693. The summed E-state index contributed by atoms with van der Waals surface area (Å²) >= 11 is 5.64. The third-order valence-electron chi connectivity index (χ3n) is 2.02. The molecule has 1 nitrogen and oxygen atoms in total. The summed E-state index contributed by atoms with van der Waals surface area (Å²) < 4.78 is 50.9. The fourth-order valence-electron chi connectivity index (χ4n) is 1.34. The van der Waals surface area contributed by atoms with E-state index in [9.17, 15) is 17.6 Å². The molecule has 0 aliphatic carbocycles. The molecule has 2 rings (SSSR count). The zero-order valence-corrected chi connectivity index (χ0v) is 8.40. The third kappa shape index (κ3) is 1.82. The number of aromatic nitrogens is 1. The Morgan fingerprint density at radius 1 is 1.12 bits per heavy atom. The van der Waals surface area contributed by atoms with Gasteiger partial charge >= 0.3 is 0 Å². The first-order chi connectivity index (χ1) is 7.49. The van der Waals surface area contributed by atoms with Crippen molar-refractivity contribution in [1.82, 2.24) is 4.98 Å². The predicted molar refractivity (Wildman–Crippen MR) is 51.6 cm³/mol. The van der Waals surface area contributed by atoms with E-state index in [0.29, 0.717) is 6.07 Å². The van der Waals surface area contributed by atoms with Crippen LogP contribution in [-0.2, 0) is 0 Å². The fourth-order valence-corrected chi connectivity index (χ4v) is 1.60. The van der Waals surface area contributed by atoms with Crippen molar-refractivity contribution in [2.24, 2.45) is 0 Å². The van der Waals surface area contributed by atoms with Crippen LogP contribution in [0.1, 0.15) is 12.1 Å². The molecular weight excluding hydrogens is 246 g/mol. The normalized spacial score (nSPS) is 11.4. The van der Waals surface area contributed by atoms with Gasteiger partial charge in [-0.2, -0.15) is 0 Å². The van der Waals surface area contributed by atoms with Gasteiger partial charge in [-0.3, -0.25) is 0 Å². The molecule has 0 spiro atoms. The number of hydrogen-bond acceptors (Lipinski definition) is 1. The molecule has 0 saturated carbocycles. The van der Waals surface area contributed by atoms with E-state index in [0.717, 1.165) is 12.1 Å². The van der Waals surface area contributed by atoms with Crippen LogP contribution in [0.4, 0.5) is 17.6 Å². The maximum absolute atomic E-state index is 13.3. The highest BCUT2D eigenvalue weighted by Crippen LogP contribution is 2.29. The van der Waals surface area contributed by atoms with Gasteiger partial charge in [0.2, 0.25) is 0 Å². The van der Waals surface area contributed by atoms with Crippen LogP contribution in [0.5, 0.6) is 0 Å². The van der Waals surface area contributed by atoms with Crippen LogP contribution >= 0.6 is 11.6 Å². The first-order valence-electron chi connectivity index (χ1n) is 4.22. The number of halogens is 5. The molecule has 0 N–H and O–H groups in total. The standard InChI is InChI=1S/C10H4ClF4N/c11-6-3-8(10(14)15)16-9-5(6)1-4(12)2-7(9)13/h1-3,10H. The monoisotopic (exact) mass is 249 g/mol. The lowest BCUT2D eigenvalue weighted by Gasteiger charge is -2.05. The summed E-state index contributed by atoms with van der Waals surface area (Å²) in [7, 11) is 0. The highest BCUT2D eigenvalue weighted by molar-refractivity contribution is 6.35. The second-order valence-electron chi connectivity index (χ2n) is 3.11. The smallest absolute Gasteiger partial charge is 0.244 e. The van der Waals surface area contributed by atoms with Gasteiger partial charge in [-0.15, -0.1) is 0 Å². The van der Waals surface area contributed by atoms with E-state index >= 15 is 0 Å². The summed E-state index contributed by atoms with van der Waals surface area (Å²) in [5.74, 6) is -1.85. The van der Waals surface area contributed by atoms with Crippen LogP contribution in [0.15, 0.2) is 18.2 Å². The van der Waals surface area contributed by atoms with Crippen LogP contribution < -0.4 is 0 Å². The summed E-state index contributed by atoms with van der Waals surface area (Å²) in [4.78, 5) is 3.40. The molecule has 1 heterocycles. The third-order valence-corrected chi connectivity index (χ3v) is 2.34. The predicted octanol–water partition coefficient (Wildman–Crippen LogP) is 4.10. The van der Waals surface area contributed by atoms with Crippen LogP contribution in [-0.4, -0.2) is 4.98 Å². The number of rotatable bonds is 1. The van der Waals surface area contributed by atoms with Crippen molar-refractivity contribution in [3.05, 3.63) is 40.6 Å². The van der Waals surface area contributed by atoms with Gasteiger partial charge < -0.3 is 0 Å². The molecule has 0 atom stereocenters. The average Bonchev–Trinajstić information content (AvgIpc) is 2.19. The molecule has 2 aromatic rings. The van der Waals surface area contributed by atoms with E-state index in [-0.39, 0.29) is 15.9 Å². The minimum atomic E-state index is -2.86. The van der Waals surface area contributed by atoms with Crippen LogP contribution in [0.2, 0.25) is 5.02 Å².